The maximum Gasteiger partial charge on any atom is 0.156 e. The van der Waals surface area contributed by atoms with Gasteiger partial charge in [-0.2, -0.15) is 0 Å². The summed E-state index contributed by atoms with van der Waals surface area (Å²) in [6.07, 6.45) is 10.1. The molecule has 2 heterocycles. The van der Waals surface area contributed by atoms with Gasteiger partial charge in [0.15, 0.2) is 9.84 Å². The van der Waals surface area contributed by atoms with E-state index in [4.69, 9.17) is 0 Å². The average molecular weight is 406 g/mol. The first-order valence-electron chi connectivity index (χ1n) is 9.86. The molecule has 7 heteroatoms. The van der Waals surface area contributed by atoms with Gasteiger partial charge < -0.3 is 4.90 Å². The van der Waals surface area contributed by atoms with E-state index in [1.165, 1.54) is 11.3 Å². The molecule has 146 valence electrons. The molecular formula is C20H27N3O2S2. The van der Waals surface area contributed by atoms with Crippen molar-refractivity contribution >= 4 is 38.3 Å². The van der Waals surface area contributed by atoms with E-state index < -0.39 is 9.84 Å². The van der Waals surface area contributed by atoms with Crippen LogP contribution in [0.25, 0.3) is 10.9 Å². The second-order valence-corrected chi connectivity index (χ2v) is 11.0. The fraction of sp³-hybridized carbons (Fsp3) is 0.600. The highest BCUT2D eigenvalue weighted by Crippen LogP contribution is 2.33. The van der Waals surface area contributed by atoms with Crippen molar-refractivity contribution in [3.8, 4) is 0 Å². The monoisotopic (exact) mass is 405 g/mol. The first-order valence-corrected chi connectivity index (χ1v) is 12.7. The lowest BCUT2D eigenvalue weighted by Crippen LogP contribution is -2.43. The van der Waals surface area contributed by atoms with Crippen LogP contribution in [-0.4, -0.2) is 48.2 Å². The van der Waals surface area contributed by atoms with Crippen LogP contribution in [0.4, 0.5) is 5.82 Å². The molecule has 1 aromatic carbocycles. The van der Waals surface area contributed by atoms with Gasteiger partial charge in [-0.1, -0.05) is 19.3 Å². The standard InChI is InChI=1S/C20H27N3O2S2/c1-26-15-7-8-19-18(13-15)20(22-14-21-19)23-11-9-17(10-12-23)27(24,25)16-5-3-2-4-6-16/h7-8,13-14,16-17H,2-6,9-12H2,1H3. The van der Waals surface area contributed by atoms with Crippen LogP contribution in [0.1, 0.15) is 44.9 Å². The quantitative estimate of drug-likeness (QED) is 0.715. The van der Waals surface area contributed by atoms with Crippen LogP contribution in [0.5, 0.6) is 0 Å². The van der Waals surface area contributed by atoms with Gasteiger partial charge in [0.1, 0.15) is 12.1 Å². The third-order valence-corrected chi connectivity index (χ3v) is 9.57. The Morgan fingerprint density at radius 1 is 1.00 bits per heavy atom. The van der Waals surface area contributed by atoms with Crippen molar-refractivity contribution in [3.05, 3.63) is 24.5 Å². The van der Waals surface area contributed by atoms with Crippen LogP contribution in [0, 0.1) is 0 Å². The summed E-state index contributed by atoms with van der Waals surface area (Å²) in [7, 11) is -3.01. The summed E-state index contributed by atoms with van der Waals surface area (Å²) in [5.74, 6) is 0.935. The largest absolute Gasteiger partial charge is 0.356 e. The molecule has 0 atom stereocenters. The number of hydrogen-bond acceptors (Lipinski definition) is 6. The highest BCUT2D eigenvalue weighted by molar-refractivity contribution is 7.98. The first kappa shape index (κ1) is 19.0. The lowest BCUT2D eigenvalue weighted by molar-refractivity contribution is 0.465. The summed E-state index contributed by atoms with van der Waals surface area (Å²) < 4.78 is 26.1. The van der Waals surface area contributed by atoms with Crippen LogP contribution in [0.2, 0.25) is 0 Å². The molecule has 0 unspecified atom stereocenters. The Morgan fingerprint density at radius 3 is 2.41 bits per heavy atom. The number of anilines is 1. The van der Waals surface area contributed by atoms with Crippen molar-refractivity contribution in [1.29, 1.82) is 0 Å². The normalized spacial score (nSPS) is 20.3. The molecule has 0 amide bonds. The highest BCUT2D eigenvalue weighted by Gasteiger charge is 2.37. The Kier molecular flexibility index (Phi) is 5.60. The number of thioether (sulfide) groups is 1. The van der Waals surface area contributed by atoms with Crippen LogP contribution in [-0.2, 0) is 9.84 Å². The number of piperidine rings is 1. The molecule has 1 aromatic heterocycles. The number of benzene rings is 1. The third kappa shape index (κ3) is 3.81. The van der Waals surface area contributed by atoms with Gasteiger partial charge in [-0.05, 0) is 50.1 Å². The molecule has 0 N–H and O–H groups in total. The second-order valence-electron chi connectivity index (χ2n) is 7.62. The molecule has 1 aliphatic carbocycles. The number of rotatable bonds is 4. The number of nitrogens with zero attached hydrogens (tertiary/aromatic N) is 3. The molecule has 2 fully saturated rings. The number of hydrogen-bond donors (Lipinski definition) is 0. The fourth-order valence-corrected chi connectivity index (χ4v) is 7.31. The van der Waals surface area contributed by atoms with Crippen LogP contribution in [0.3, 0.4) is 0 Å². The van der Waals surface area contributed by atoms with Crippen molar-refractivity contribution in [3.63, 3.8) is 0 Å². The number of fused-ring (bicyclic) bond motifs is 1. The molecule has 5 nitrogen and oxygen atoms in total. The van der Waals surface area contributed by atoms with E-state index in [9.17, 15) is 8.42 Å². The smallest absolute Gasteiger partial charge is 0.156 e. The molecule has 1 saturated carbocycles. The molecule has 4 rings (SSSR count). The SMILES string of the molecule is CSc1ccc2ncnc(N3CCC(S(=O)(=O)C4CCCCC4)CC3)c2c1. The van der Waals surface area contributed by atoms with Gasteiger partial charge in [-0.3, -0.25) is 0 Å². The second kappa shape index (κ2) is 7.95. The Bertz CT molecular complexity index is 903. The van der Waals surface area contributed by atoms with Crippen molar-refractivity contribution < 1.29 is 8.42 Å². The first-order chi connectivity index (χ1) is 13.1. The molecule has 0 spiro atoms. The molecule has 2 aromatic rings. The van der Waals surface area contributed by atoms with Gasteiger partial charge in [0.05, 0.1) is 16.0 Å². The van der Waals surface area contributed by atoms with E-state index in [1.54, 1.807) is 18.1 Å². The zero-order valence-corrected chi connectivity index (χ0v) is 17.4. The minimum absolute atomic E-state index is 0.105. The van der Waals surface area contributed by atoms with Gasteiger partial charge in [0.2, 0.25) is 0 Å². The summed E-state index contributed by atoms with van der Waals surface area (Å²) in [4.78, 5) is 12.3. The summed E-state index contributed by atoms with van der Waals surface area (Å²) >= 11 is 1.71. The van der Waals surface area contributed by atoms with Crippen molar-refractivity contribution in [1.82, 2.24) is 9.97 Å². The molecule has 0 radical (unpaired) electrons. The lowest BCUT2D eigenvalue weighted by atomic mass is 10.0. The van der Waals surface area contributed by atoms with Gasteiger partial charge in [-0.25, -0.2) is 18.4 Å². The summed E-state index contributed by atoms with van der Waals surface area (Å²) in [5, 5.41) is 0.761. The Morgan fingerprint density at radius 2 is 1.70 bits per heavy atom. The maximum atomic E-state index is 13.0. The topological polar surface area (TPSA) is 63.2 Å². The van der Waals surface area contributed by atoms with Crippen LogP contribution >= 0.6 is 11.8 Å². The minimum atomic E-state index is -3.01. The predicted molar refractivity (Wildman–Crippen MR) is 112 cm³/mol. The molecule has 27 heavy (non-hydrogen) atoms. The Hall–Kier alpha value is -1.34. The Balaban J connectivity index is 1.52. The van der Waals surface area contributed by atoms with Crippen LogP contribution < -0.4 is 4.90 Å². The summed E-state index contributed by atoms with van der Waals surface area (Å²) in [6, 6.07) is 6.25. The fourth-order valence-electron chi connectivity index (χ4n) is 4.46. The highest BCUT2D eigenvalue weighted by atomic mass is 32.2. The average Bonchev–Trinajstić information content (AvgIpc) is 2.73. The number of sulfone groups is 1. The van der Waals surface area contributed by atoms with E-state index in [1.807, 2.05) is 6.07 Å². The van der Waals surface area contributed by atoms with Crippen molar-refractivity contribution in [2.24, 2.45) is 0 Å². The van der Waals surface area contributed by atoms with E-state index in [-0.39, 0.29) is 10.5 Å². The molecule has 2 aliphatic rings. The van der Waals surface area contributed by atoms with Gasteiger partial charge >= 0.3 is 0 Å². The van der Waals surface area contributed by atoms with Crippen LogP contribution in [0.15, 0.2) is 29.4 Å². The van der Waals surface area contributed by atoms with E-state index in [0.29, 0.717) is 12.8 Å². The zero-order chi connectivity index (χ0) is 18.9. The lowest BCUT2D eigenvalue weighted by Gasteiger charge is -2.35. The Labute approximate surface area is 165 Å². The number of aromatic nitrogens is 2. The molecule has 1 saturated heterocycles. The van der Waals surface area contributed by atoms with Gasteiger partial charge in [0.25, 0.3) is 0 Å². The van der Waals surface area contributed by atoms with Crippen molar-refractivity contribution in [2.45, 2.75) is 60.3 Å². The van der Waals surface area contributed by atoms with Crippen molar-refractivity contribution in [2.75, 3.05) is 24.2 Å². The van der Waals surface area contributed by atoms with Gasteiger partial charge in [-0.15, -0.1) is 11.8 Å². The van der Waals surface area contributed by atoms with Gasteiger partial charge in [0, 0.05) is 23.4 Å². The minimum Gasteiger partial charge on any atom is -0.356 e. The van der Waals surface area contributed by atoms with E-state index in [2.05, 4.69) is 33.3 Å². The summed E-state index contributed by atoms with van der Waals surface area (Å²) in [6.45, 7) is 1.48. The zero-order valence-electron chi connectivity index (χ0n) is 15.8. The van der Waals surface area contributed by atoms with E-state index in [0.717, 1.165) is 55.5 Å². The predicted octanol–water partition coefficient (Wildman–Crippen LogP) is 4.07. The summed E-state index contributed by atoms with van der Waals surface area (Å²) in [5.41, 5.74) is 0.940. The molecule has 0 bridgehead atoms. The molecule has 1 aliphatic heterocycles. The maximum absolute atomic E-state index is 13.0. The van der Waals surface area contributed by atoms with E-state index >= 15 is 0 Å². The molecular weight excluding hydrogens is 378 g/mol. The third-order valence-electron chi connectivity index (χ3n) is 6.04.